The Labute approximate surface area is 107 Å². The summed E-state index contributed by atoms with van der Waals surface area (Å²) < 4.78 is 1.47. The number of nitrogens with zero attached hydrogens (tertiary/aromatic N) is 4. The quantitative estimate of drug-likeness (QED) is 0.713. The molecule has 3 N–H and O–H groups in total. The Hall–Kier alpha value is -2.90. The van der Waals surface area contributed by atoms with Gasteiger partial charge in [0.05, 0.1) is 0 Å². The summed E-state index contributed by atoms with van der Waals surface area (Å²) in [5, 5.41) is 32.0. The molecule has 8 heteroatoms. The molecule has 19 heavy (non-hydrogen) atoms. The molecule has 0 fully saturated rings. The third kappa shape index (κ3) is 1.88. The molecular formula is C11H9N5O3. The number of rotatable bonds is 2. The number of carbonyl (C=O) groups is 1. The number of aromatic hydroxyl groups is 1. The summed E-state index contributed by atoms with van der Waals surface area (Å²) in [5.41, 5.74) is 0.784. The zero-order chi connectivity index (χ0) is 13.4. The van der Waals surface area contributed by atoms with Crippen LogP contribution < -0.4 is 5.32 Å². The first-order valence-electron chi connectivity index (χ1n) is 5.44. The fraction of sp³-hybridized carbons (Fsp3) is 0.0909. The summed E-state index contributed by atoms with van der Waals surface area (Å²) in [7, 11) is 0. The van der Waals surface area contributed by atoms with E-state index in [1.54, 1.807) is 12.1 Å². The van der Waals surface area contributed by atoms with E-state index < -0.39 is 12.0 Å². The largest absolute Gasteiger partial charge is 0.508 e. The van der Waals surface area contributed by atoms with E-state index in [-0.39, 0.29) is 17.4 Å². The number of phenols is 1. The molecule has 3 rings (SSSR count). The van der Waals surface area contributed by atoms with Gasteiger partial charge < -0.3 is 15.5 Å². The summed E-state index contributed by atoms with van der Waals surface area (Å²) in [4.78, 5) is 11.1. The maximum absolute atomic E-state index is 11.1. The summed E-state index contributed by atoms with van der Waals surface area (Å²) in [6.45, 7) is 0. The average Bonchev–Trinajstić information content (AvgIpc) is 2.86. The van der Waals surface area contributed by atoms with Crippen LogP contribution in [0.25, 0.3) is 0 Å². The standard InChI is InChI=1S/C11H9N5O3/c17-7-3-1-6(2-4-7)9-5-8(10(18)19)12-11-13-14-15-16(9)11/h1-5,9,17H,(H,18,19)(H,12,13,15)/t9-/m1/s1. The predicted octanol–water partition coefficient (Wildman–Crippen LogP) is 0.362. The fourth-order valence-corrected chi connectivity index (χ4v) is 1.89. The van der Waals surface area contributed by atoms with E-state index in [1.165, 1.54) is 22.9 Å². The zero-order valence-electron chi connectivity index (χ0n) is 9.56. The van der Waals surface area contributed by atoms with Gasteiger partial charge in [0.15, 0.2) is 0 Å². The maximum atomic E-state index is 11.1. The van der Waals surface area contributed by atoms with Gasteiger partial charge in [-0.2, -0.15) is 4.68 Å². The Morgan fingerprint density at radius 2 is 2.05 bits per heavy atom. The molecular weight excluding hydrogens is 250 g/mol. The number of fused-ring (bicyclic) bond motifs is 1. The van der Waals surface area contributed by atoms with E-state index in [9.17, 15) is 9.90 Å². The molecule has 0 unspecified atom stereocenters. The first-order valence-corrected chi connectivity index (χ1v) is 5.44. The van der Waals surface area contributed by atoms with E-state index in [0.717, 1.165) is 5.56 Å². The number of anilines is 1. The van der Waals surface area contributed by atoms with Gasteiger partial charge in [0.25, 0.3) is 0 Å². The molecule has 2 heterocycles. The van der Waals surface area contributed by atoms with Crippen LogP contribution in [0.4, 0.5) is 5.95 Å². The summed E-state index contributed by atoms with van der Waals surface area (Å²) in [6, 6.07) is 5.99. The third-order valence-corrected chi connectivity index (χ3v) is 2.79. The lowest BCUT2D eigenvalue weighted by Gasteiger charge is -2.21. The van der Waals surface area contributed by atoms with Crippen molar-refractivity contribution in [2.75, 3.05) is 5.32 Å². The normalized spacial score (nSPS) is 17.3. The van der Waals surface area contributed by atoms with Crippen LogP contribution in [0, 0.1) is 0 Å². The molecule has 2 aromatic rings. The van der Waals surface area contributed by atoms with Crippen LogP contribution in [0.5, 0.6) is 5.75 Å². The molecule has 0 spiro atoms. The van der Waals surface area contributed by atoms with E-state index in [2.05, 4.69) is 20.8 Å². The van der Waals surface area contributed by atoms with Crippen molar-refractivity contribution in [2.24, 2.45) is 0 Å². The van der Waals surface area contributed by atoms with Crippen molar-refractivity contribution in [3.63, 3.8) is 0 Å². The van der Waals surface area contributed by atoms with E-state index >= 15 is 0 Å². The molecule has 0 amide bonds. The molecule has 0 saturated carbocycles. The van der Waals surface area contributed by atoms with Gasteiger partial charge in [0, 0.05) is 0 Å². The van der Waals surface area contributed by atoms with Gasteiger partial charge in [-0.1, -0.05) is 17.2 Å². The molecule has 0 radical (unpaired) electrons. The molecule has 1 aromatic carbocycles. The SMILES string of the molecule is O=C(O)C1=C[C@H](c2ccc(O)cc2)n2nnnc2N1. The lowest BCUT2D eigenvalue weighted by molar-refractivity contribution is -0.132. The van der Waals surface area contributed by atoms with Crippen LogP contribution in [0.2, 0.25) is 0 Å². The van der Waals surface area contributed by atoms with Crippen molar-refractivity contribution in [1.29, 1.82) is 0 Å². The second-order valence-corrected chi connectivity index (χ2v) is 3.99. The Morgan fingerprint density at radius 3 is 2.74 bits per heavy atom. The highest BCUT2D eigenvalue weighted by Gasteiger charge is 2.26. The van der Waals surface area contributed by atoms with Crippen LogP contribution in [0.1, 0.15) is 11.6 Å². The van der Waals surface area contributed by atoms with Crippen molar-refractivity contribution in [2.45, 2.75) is 6.04 Å². The molecule has 1 aromatic heterocycles. The van der Waals surface area contributed by atoms with E-state index in [1.807, 2.05) is 0 Å². The summed E-state index contributed by atoms with van der Waals surface area (Å²) in [6.07, 6.45) is 1.51. The minimum Gasteiger partial charge on any atom is -0.508 e. The number of aliphatic carboxylic acids is 1. The number of aromatic nitrogens is 4. The fourth-order valence-electron chi connectivity index (χ4n) is 1.89. The maximum Gasteiger partial charge on any atom is 0.352 e. The highest BCUT2D eigenvalue weighted by molar-refractivity contribution is 5.90. The van der Waals surface area contributed by atoms with E-state index in [4.69, 9.17) is 5.11 Å². The predicted molar refractivity (Wildman–Crippen MR) is 63.4 cm³/mol. The number of carboxylic acids is 1. The number of allylic oxidation sites excluding steroid dienone is 1. The van der Waals surface area contributed by atoms with Gasteiger partial charge in [0.1, 0.15) is 17.5 Å². The van der Waals surface area contributed by atoms with Crippen molar-refractivity contribution in [1.82, 2.24) is 20.2 Å². The van der Waals surface area contributed by atoms with Gasteiger partial charge in [-0.15, -0.1) is 0 Å². The molecule has 0 bridgehead atoms. The monoisotopic (exact) mass is 259 g/mol. The van der Waals surface area contributed by atoms with Crippen molar-refractivity contribution >= 4 is 11.9 Å². The minimum absolute atomic E-state index is 0.0142. The van der Waals surface area contributed by atoms with Gasteiger partial charge in [0.2, 0.25) is 5.95 Å². The number of benzene rings is 1. The Kier molecular flexibility index (Phi) is 2.41. The van der Waals surface area contributed by atoms with Gasteiger partial charge >= 0.3 is 5.97 Å². The third-order valence-electron chi connectivity index (χ3n) is 2.79. The topological polar surface area (TPSA) is 113 Å². The summed E-state index contributed by atoms with van der Waals surface area (Å²) in [5.74, 6) is -0.687. The van der Waals surface area contributed by atoms with Gasteiger partial charge in [-0.05, 0) is 34.2 Å². The highest BCUT2D eigenvalue weighted by Crippen LogP contribution is 2.28. The zero-order valence-corrected chi connectivity index (χ0v) is 9.56. The molecule has 0 aliphatic carbocycles. The molecule has 0 saturated heterocycles. The smallest absolute Gasteiger partial charge is 0.352 e. The number of hydrogen-bond donors (Lipinski definition) is 3. The van der Waals surface area contributed by atoms with Crippen molar-refractivity contribution < 1.29 is 15.0 Å². The van der Waals surface area contributed by atoms with Crippen LogP contribution >= 0.6 is 0 Å². The van der Waals surface area contributed by atoms with Crippen LogP contribution in [0.3, 0.4) is 0 Å². The first-order chi connectivity index (χ1) is 9.15. The number of phenolic OH excluding ortho intramolecular Hbond substituents is 1. The molecule has 1 atom stereocenters. The number of hydrogen-bond acceptors (Lipinski definition) is 6. The number of carboxylic acid groups (broad SMARTS) is 1. The van der Waals surface area contributed by atoms with Crippen molar-refractivity contribution in [3.05, 3.63) is 41.6 Å². The Balaban J connectivity index is 2.09. The molecule has 1 aliphatic heterocycles. The summed E-state index contributed by atoms with van der Waals surface area (Å²) >= 11 is 0. The van der Waals surface area contributed by atoms with Gasteiger partial charge in [-0.3, -0.25) is 0 Å². The van der Waals surface area contributed by atoms with Crippen molar-refractivity contribution in [3.8, 4) is 5.75 Å². The average molecular weight is 259 g/mol. The van der Waals surface area contributed by atoms with E-state index in [0.29, 0.717) is 0 Å². The lowest BCUT2D eigenvalue weighted by atomic mass is 10.0. The highest BCUT2D eigenvalue weighted by atomic mass is 16.4. The lowest BCUT2D eigenvalue weighted by Crippen LogP contribution is -2.24. The van der Waals surface area contributed by atoms with Crippen LogP contribution in [0.15, 0.2) is 36.0 Å². The number of tetrazole rings is 1. The first kappa shape index (κ1) is 11.2. The minimum atomic E-state index is -1.09. The van der Waals surface area contributed by atoms with Crippen LogP contribution in [-0.2, 0) is 4.79 Å². The second kappa shape index (κ2) is 4.09. The Bertz CT molecular complexity index is 661. The second-order valence-electron chi connectivity index (χ2n) is 3.99. The number of nitrogens with one attached hydrogen (secondary N) is 1. The molecule has 1 aliphatic rings. The van der Waals surface area contributed by atoms with Crippen LogP contribution in [-0.4, -0.2) is 36.4 Å². The Morgan fingerprint density at radius 1 is 1.32 bits per heavy atom. The molecule has 8 nitrogen and oxygen atoms in total. The van der Waals surface area contributed by atoms with Gasteiger partial charge in [-0.25, -0.2) is 4.79 Å². The molecule has 96 valence electrons.